The lowest BCUT2D eigenvalue weighted by molar-refractivity contribution is -0.271. The van der Waals surface area contributed by atoms with E-state index in [2.05, 4.69) is 0 Å². The smallest absolute Gasteiger partial charge is 0.310 e. The van der Waals surface area contributed by atoms with Crippen molar-refractivity contribution in [1.82, 2.24) is 5.06 Å². The molecule has 0 fully saturated rings. The number of rotatable bonds is 10. The van der Waals surface area contributed by atoms with E-state index in [1.54, 1.807) is 27.7 Å². The second-order valence-corrected chi connectivity index (χ2v) is 8.25. The lowest BCUT2D eigenvalue weighted by Gasteiger charge is -2.27. The number of carbonyl (C=O) groups excluding carboxylic acids is 2. The van der Waals surface area contributed by atoms with Crippen molar-refractivity contribution in [2.75, 3.05) is 13.2 Å². The van der Waals surface area contributed by atoms with E-state index >= 15 is 0 Å². The molecule has 0 rings (SSSR count). The molecule has 0 aliphatic heterocycles. The van der Waals surface area contributed by atoms with Crippen LogP contribution in [0, 0.1) is 11.8 Å². The highest BCUT2D eigenvalue weighted by Gasteiger charge is 2.26. The molecule has 0 bridgehead atoms. The highest BCUT2D eigenvalue weighted by Crippen LogP contribution is 2.41. The zero-order valence-corrected chi connectivity index (χ0v) is 14.5. The summed E-state index contributed by atoms with van der Waals surface area (Å²) in [6, 6.07) is 0. The fourth-order valence-electron chi connectivity index (χ4n) is 1.28. The molecule has 0 saturated heterocycles. The Labute approximate surface area is 130 Å². The maximum Gasteiger partial charge on any atom is 0.310 e. The third-order valence-electron chi connectivity index (χ3n) is 2.77. The van der Waals surface area contributed by atoms with Gasteiger partial charge in [-0.25, -0.2) is 9.90 Å². The first-order valence-electron chi connectivity index (χ1n) is 7.06. The van der Waals surface area contributed by atoms with E-state index in [-0.39, 0.29) is 24.8 Å². The van der Waals surface area contributed by atoms with Crippen molar-refractivity contribution < 1.29 is 33.7 Å². The summed E-state index contributed by atoms with van der Waals surface area (Å²) in [5.74, 6) is -2.45. The van der Waals surface area contributed by atoms with Crippen LogP contribution in [0.3, 0.4) is 0 Å². The minimum absolute atomic E-state index is 0.106. The van der Waals surface area contributed by atoms with Crippen molar-refractivity contribution in [2.24, 2.45) is 11.8 Å². The first-order chi connectivity index (χ1) is 9.98. The fourth-order valence-corrected chi connectivity index (χ4v) is 1.87. The van der Waals surface area contributed by atoms with Crippen molar-refractivity contribution in [2.45, 2.75) is 46.3 Å². The second kappa shape index (κ2) is 9.25. The van der Waals surface area contributed by atoms with E-state index in [1.165, 1.54) is 0 Å². The van der Waals surface area contributed by atoms with Gasteiger partial charge in [0.2, 0.25) is 20.1 Å². The Hall–Kier alpha value is -0.950. The van der Waals surface area contributed by atoms with Gasteiger partial charge in [0, 0.05) is 19.0 Å². The summed E-state index contributed by atoms with van der Waals surface area (Å²) in [5, 5.41) is 10.3. The molecule has 22 heavy (non-hydrogen) atoms. The molecule has 3 atom stereocenters. The highest BCUT2D eigenvalue weighted by atomic mass is 31.2. The van der Waals surface area contributed by atoms with E-state index < -0.39 is 25.5 Å². The van der Waals surface area contributed by atoms with Crippen molar-refractivity contribution >= 4 is 19.7 Å². The summed E-state index contributed by atoms with van der Waals surface area (Å²) in [4.78, 5) is 37.1. The standard InChI is InChI=1S/C13H26NO7P/c1-9(2)12(17)20-13(10(3)4)21-14(8-15)7-6-11(16)22(5,18)19/h8-11,13,16H,6-7H2,1-5H3,(H,18,19). The molecule has 8 nitrogen and oxygen atoms in total. The van der Waals surface area contributed by atoms with E-state index in [0.717, 1.165) is 11.7 Å². The number of nitrogens with zero attached hydrogens (tertiary/aromatic N) is 1. The lowest BCUT2D eigenvalue weighted by Crippen LogP contribution is -2.37. The molecule has 0 aliphatic carbocycles. The molecule has 0 aromatic carbocycles. The molecular formula is C13H26NO7P. The summed E-state index contributed by atoms with van der Waals surface area (Å²) in [5.41, 5.74) is 0. The number of ether oxygens (including phenoxy) is 1. The van der Waals surface area contributed by atoms with Gasteiger partial charge in [0.05, 0.1) is 12.5 Å². The van der Waals surface area contributed by atoms with Crippen LogP contribution in [0.1, 0.15) is 34.1 Å². The third kappa shape index (κ3) is 7.89. The van der Waals surface area contributed by atoms with Gasteiger partial charge in [-0.2, -0.15) is 0 Å². The topological polar surface area (TPSA) is 113 Å². The van der Waals surface area contributed by atoms with Crippen molar-refractivity contribution in [3.63, 3.8) is 0 Å². The fraction of sp³-hybridized carbons (Fsp3) is 0.846. The Kier molecular flexibility index (Phi) is 8.85. The van der Waals surface area contributed by atoms with Crippen molar-refractivity contribution in [3.05, 3.63) is 0 Å². The maximum atomic E-state index is 11.6. The molecule has 1 amide bonds. The minimum atomic E-state index is -3.64. The van der Waals surface area contributed by atoms with Crippen LogP contribution in [0.2, 0.25) is 0 Å². The van der Waals surface area contributed by atoms with Crippen molar-refractivity contribution in [1.29, 1.82) is 0 Å². The Bertz CT molecular complexity index is 407. The number of hydrogen-bond acceptors (Lipinski definition) is 6. The van der Waals surface area contributed by atoms with Gasteiger partial charge in [0.15, 0.2) is 0 Å². The molecule has 0 radical (unpaired) electrons. The largest absolute Gasteiger partial charge is 0.433 e. The number of amides is 1. The predicted octanol–water partition coefficient (Wildman–Crippen LogP) is 1.17. The molecular weight excluding hydrogens is 313 g/mol. The summed E-state index contributed by atoms with van der Waals surface area (Å²) in [6.45, 7) is 7.78. The van der Waals surface area contributed by atoms with E-state index in [1.807, 2.05) is 0 Å². The van der Waals surface area contributed by atoms with Gasteiger partial charge in [-0.1, -0.05) is 27.7 Å². The third-order valence-corrected chi connectivity index (χ3v) is 4.13. The molecule has 0 heterocycles. The van der Waals surface area contributed by atoms with E-state index in [0.29, 0.717) is 6.41 Å². The monoisotopic (exact) mass is 339 g/mol. The summed E-state index contributed by atoms with van der Waals surface area (Å²) in [6.07, 6.45) is -0.727. The van der Waals surface area contributed by atoms with Gasteiger partial charge in [-0.3, -0.25) is 14.2 Å². The molecule has 9 heteroatoms. The number of hydroxylamine groups is 2. The number of aliphatic hydroxyl groups excluding tert-OH is 1. The molecule has 2 N–H and O–H groups in total. The normalized spacial score (nSPS) is 17.0. The van der Waals surface area contributed by atoms with Crippen LogP contribution in [0.15, 0.2) is 0 Å². The average Bonchev–Trinajstić information content (AvgIpc) is 2.39. The molecule has 0 aromatic heterocycles. The van der Waals surface area contributed by atoms with Gasteiger partial charge in [0.25, 0.3) is 0 Å². The number of aliphatic hydroxyl groups is 1. The number of hydrogen-bond donors (Lipinski definition) is 2. The van der Waals surface area contributed by atoms with Gasteiger partial charge >= 0.3 is 5.97 Å². The molecule has 0 aliphatic rings. The zero-order valence-electron chi connectivity index (χ0n) is 13.6. The molecule has 0 aromatic rings. The molecule has 130 valence electrons. The van der Waals surface area contributed by atoms with Gasteiger partial charge in [0.1, 0.15) is 5.85 Å². The molecule has 3 unspecified atom stereocenters. The molecule has 0 spiro atoms. The Morgan fingerprint density at radius 2 is 1.86 bits per heavy atom. The highest BCUT2D eigenvalue weighted by molar-refractivity contribution is 7.57. The number of esters is 1. The van der Waals surface area contributed by atoms with Gasteiger partial charge in [-0.15, -0.1) is 0 Å². The van der Waals surface area contributed by atoms with Crippen LogP contribution in [0.5, 0.6) is 0 Å². The summed E-state index contributed by atoms with van der Waals surface area (Å²) >= 11 is 0. The Balaban J connectivity index is 4.63. The first kappa shape index (κ1) is 21.0. The molecule has 0 saturated carbocycles. The second-order valence-electron chi connectivity index (χ2n) is 5.77. The van der Waals surface area contributed by atoms with E-state index in [9.17, 15) is 24.2 Å². The van der Waals surface area contributed by atoms with Crippen LogP contribution >= 0.6 is 7.37 Å². The van der Waals surface area contributed by atoms with Crippen LogP contribution in [-0.2, 0) is 23.7 Å². The maximum absolute atomic E-state index is 11.6. The quantitative estimate of drug-likeness (QED) is 0.202. The average molecular weight is 339 g/mol. The Morgan fingerprint density at radius 1 is 1.32 bits per heavy atom. The summed E-state index contributed by atoms with van der Waals surface area (Å²) in [7, 11) is -3.64. The van der Waals surface area contributed by atoms with Crippen LogP contribution in [-0.4, -0.2) is 52.8 Å². The Morgan fingerprint density at radius 3 is 2.23 bits per heavy atom. The zero-order chi connectivity index (χ0) is 17.5. The van der Waals surface area contributed by atoms with Gasteiger partial charge < -0.3 is 14.7 Å². The predicted molar refractivity (Wildman–Crippen MR) is 79.8 cm³/mol. The van der Waals surface area contributed by atoms with E-state index in [4.69, 9.17) is 9.57 Å². The van der Waals surface area contributed by atoms with Crippen LogP contribution in [0.4, 0.5) is 0 Å². The van der Waals surface area contributed by atoms with Crippen LogP contribution in [0.25, 0.3) is 0 Å². The lowest BCUT2D eigenvalue weighted by atomic mass is 10.2. The number of carbonyl (C=O) groups is 2. The minimum Gasteiger partial charge on any atom is -0.433 e. The van der Waals surface area contributed by atoms with Gasteiger partial charge in [-0.05, 0) is 0 Å². The van der Waals surface area contributed by atoms with Crippen LogP contribution < -0.4 is 0 Å². The van der Waals surface area contributed by atoms with Crippen molar-refractivity contribution in [3.8, 4) is 0 Å². The first-order valence-corrected chi connectivity index (χ1v) is 9.23. The SMILES string of the molecule is CC(C)C(=O)OC(ON(C=O)CCC(O)P(C)(=O)O)C(C)C. The summed E-state index contributed by atoms with van der Waals surface area (Å²) < 4.78 is 16.4.